The van der Waals surface area contributed by atoms with Gasteiger partial charge in [-0.25, -0.2) is 0 Å². The van der Waals surface area contributed by atoms with Gasteiger partial charge in [-0.05, 0) is 50.2 Å². The van der Waals surface area contributed by atoms with Crippen molar-refractivity contribution >= 4 is 0 Å². The first-order valence-electron chi connectivity index (χ1n) is 6.62. The van der Waals surface area contributed by atoms with Crippen LogP contribution in [-0.4, -0.2) is 16.8 Å². The molecule has 0 aromatic heterocycles. The van der Waals surface area contributed by atoms with Crippen LogP contribution < -0.4 is 0 Å². The van der Waals surface area contributed by atoms with Crippen LogP contribution in [0.3, 0.4) is 0 Å². The molecule has 0 aromatic carbocycles. The summed E-state index contributed by atoms with van der Waals surface area (Å²) < 4.78 is 6.16. The molecular formula is C15H24O2. The first kappa shape index (κ1) is 12.7. The summed E-state index contributed by atoms with van der Waals surface area (Å²) in [4.78, 5) is 0. The second-order valence-corrected chi connectivity index (χ2v) is 6.34. The van der Waals surface area contributed by atoms with Gasteiger partial charge in [-0.1, -0.05) is 19.9 Å². The third-order valence-electron chi connectivity index (χ3n) is 4.04. The van der Waals surface area contributed by atoms with Gasteiger partial charge in [0.25, 0.3) is 0 Å². The third-order valence-corrected chi connectivity index (χ3v) is 4.04. The van der Waals surface area contributed by atoms with E-state index in [9.17, 15) is 5.11 Å². The molecular weight excluding hydrogens is 212 g/mol. The molecule has 0 saturated heterocycles. The molecule has 0 unspecified atom stereocenters. The number of aliphatic hydroxyl groups excluding tert-OH is 1. The first-order chi connectivity index (χ1) is 7.83. The van der Waals surface area contributed by atoms with Crippen LogP contribution in [0.1, 0.15) is 53.4 Å². The standard InChI is InChI=1S/C15H24O2/c1-11(16)10-12-6-7-13-14(2,3)8-5-9-15(13,4)17-12/h6-7,11,16H,5,8-10H2,1-4H3/t11-,15+/m0/s1. The molecule has 2 rings (SSSR count). The van der Waals surface area contributed by atoms with E-state index in [1.807, 2.05) is 6.08 Å². The van der Waals surface area contributed by atoms with Crippen molar-refractivity contribution in [3.05, 3.63) is 23.5 Å². The zero-order chi connectivity index (χ0) is 12.7. The number of ether oxygens (including phenoxy) is 1. The minimum Gasteiger partial charge on any atom is -0.487 e. The number of hydrogen-bond acceptors (Lipinski definition) is 2. The van der Waals surface area contributed by atoms with Crippen molar-refractivity contribution in [1.82, 2.24) is 0 Å². The van der Waals surface area contributed by atoms with Crippen molar-refractivity contribution < 1.29 is 9.84 Å². The quantitative estimate of drug-likeness (QED) is 0.794. The predicted octanol–water partition coefficient (Wildman–Crippen LogP) is 3.57. The summed E-state index contributed by atoms with van der Waals surface area (Å²) in [5.74, 6) is 0.920. The van der Waals surface area contributed by atoms with Gasteiger partial charge in [0.15, 0.2) is 0 Å². The van der Waals surface area contributed by atoms with E-state index in [4.69, 9.17) is 4.74 Å². The second kappa shape index (κ2) is 4.16. The summed E-state index contributed by atoms with van der Waals surface area (Å²) >= 11 is 0. The maximum absolute atomic E-state index is 9.45. The fourth-order valence-electron chi connectivity index (χ4n) is 3.26. The maximum Gasteiger partial charge on any atom is 0.128 e. The van der Waals surface area contributed by atoms with Gasteiger partial charge in [0, 0.05) is 6.42 Å². The van der Waals surface area contributed by atoms with Gasteiger partial charge in [0.2, 0.25) is 0 Å². The fourth-order valence-corrected chi connectivity index (χ4v) is 3.26. The van der Waals surface area contributed by atoms with Crippen LogP contribution in [0.15, 0.2) is 23.5 Å². The fraction of sp³-hybridized carbons (Fsp3) is 0.733. The highest BCUT2D eigenvalue weighted by atomic mass is 16.5. The molecule has 96 valence electrons. The van der Waals surface area contributed by atoms with Crippen molar-refractivity contribution in [1.29, 1.82) is 0 Å². The van der Waals surface area contributed by atoms with E-state index >= 15 is 0 Å². The van der Waals surface area contributed by atoms with E-state index in [-0.39, 0.29) is 17.1 Å². The van der Waals surface area contributed by atoms with Crippen LogP contribution in [0.4, 0.5) is 0 Å². The zero-order valence-corrected chi connectivity index (χ0v) is 11.4. The van der Waals surface area contributed by atoms with Gasteiger partial charge in [0.1, 0.15) is 5.60 Å². The van der Waals surface area contributed by atoms with Crippen LogP contribution >= 0.6 is 0 Å². The van der Waals surface area contributed by atoms with Gasteiger partial charge < -0.3 is 9.84 Å². The summed E-state index contributed by atoms with van der Waals surface area (Å²) in [5.41, 5.74) is 1.49. The Morgan fingerprint density at radius 2 is 2.00 bits per heavy atom. The SMILES string of the molecule is C[C@H](O)CC1=CC=C2C(C)(C)CCC[C@@]2(C)O1. The molecule has 17 heavy (non-hydrogen) atoms. The second-order valence-electron chi connectivity index (χ2n) is 6.34. The van der Waals surface area contributed by atoms with E-state index in [0.717, 1.165) is 12.2 Å². The Morgan fingerprint density at radius 1 is 1.29 bits per heavy atom. The molecule has 1 N–H and O–H groups in total. The van der Waals surface area contributed by atoms with Gasteiger partial charge >= 0.3 is 0 Å². The van der Waals surface area contributed by atoms with E-state index in [1.54, 1.807) is 6.92 Å². The van der Waals surface area contributed by atoms with E-state index in [2.05, 4.69) is 26.8 Å². The summed E-state index contributed by atoms with van der Waals surface area (Å²) in [6.07, 6.45) is 8.06. The lowest BCUT2D eigenvalue weighted by atomic mass is 9.65. The highest BCUT2D eigenvalue weighted by Gasteiger charge is 2.44. The average molecular weight is 236 g/mol. The molecule has 1 fully saturated rings. The molecule has 1 aliphatic carbocycles. The van der Waals surface area contributed by atoms with Crippen LogP contribution in [0.2, 0.25) is 0 Å². The minimum atomic E-state index is -0.337. The number of hydrogen-bond donors (Lipinski definition) is 1. The Kier molecular flexibility index (Phi) is 3.11. The molecule has 0 spiro atoms. The third kappa shape index (κ3) is 2.42. The van der Waals surface area contributed by atoms with Gasteiger partial charge in [0.05, 0.1) is 11.9 Å². The van der Waals surface area contributed by atoms with Gasteiger partial charge in [-0.2, -0.15) is 0 Å². The Morgan fingerprint density at radius 3 is 2.65 bits per heavy atom. The number of fused-ring (bicyclic) bond motifs is 1. The summed E-state index contributed by atoms with van der Waals surface area (Å²) in [6.45, 7) is 8.59. The lowest BCUT2D eigenvalue weighted by Gasteiger charge is -2.47. The lowest BCUT2D eigenvalue weighted by molar-refractivity contribution is -0.00931. The molecule has 2 aliphatic rings. The number of allylic oxidation sites excluding steroid dienone is 2. The Labute approximate surface area is 104 Å². The Hall–Kier alpha value is -0.760. The minimum absolute atomic E-state index is 0.152. The van der Waals surface area contributed by atoms with Gasteiger partial charge in [-0.3, -0.25) is 0 Å². The van der Waals surface area contributed by atoms with Crippen LogP contribution in [0, 0.1) is 5.41 Å². The topological polar surface area (TPSA) is 29.5 Å². The molecule has 0 amide bonds. The average Bonchev–Trinajstić information content (AvgIpc) is 2.13. The van der Waals surface area contributed by atoms with Crippen molar-refractivity contribution in [2.24, 2.45) is 5.41 Å². The van der Waals surface area contributed by atoms with Crippen molar-refractivity contribution in [2.75, 3.05) is 0 Å². The smallest absolute Gasteiger partial charge is 0.128 e. The maximum atomic E-state index is 9.45. The Balaban J connectivity index is 2.28. The van der Waals surface area contributed by atoms with Crippen molar-refractivity contribution in [3.8, 4) is 0 Å². The Bertz CT molecular complexity index is 363. The molecule has 0 aromatic rings. The van der Waals surface area contributed by atoms with Crippen LogP contribution in [-0.2, 0) is 4.74 Å². The molecule has 2 atom stereocenters. The summed E-state index contributed by atoms with van der Waals surface area (Å²) in [5, 5.41) is 9.45. The molecule has 1 saturated carbocycles. The predicted molar refractivity (Wildman–Crippen MR) is 69.6 cm³/mol. The highest BCUT2D eigenvalue weighted by Crippen LogP contribution is 2.49. The molecule has 1 heterocycles. The molecule has 2 nitrogen and oxygen atoms in total. The van der Waals surface area contributed by atoms with E-state index in [1.165, 1.54) is 18.4 Å². The molecule has 0 radical (unpaired) electrons. The lowest BCUT2D eigenvalue weighted by Crippen LogP contribution is -2.43. The summed E-state index contributed by atoms with van der Waals surface area (Å²) in [6, 6.07) is 0. The number of aliphatic hydroxyl groups is 1. The largest absolute Gasteiger partial charge is 0.487 e. The molecule has 0 bridgehead atoms. The molecule has 2 heteroatoms. The van der Waals surface area contributed by atoms with Gasteiger partial charge in [-0.15, -0.1) is 0 Å². The van der Waals surface area contributed by atoms with Crippen LogP contribution in [0.25, 0.3) is 0 Å². The monoisotopic (exact) mass is 236 g/mol. The van der Waals surface area contributed by atoms with Crippen molar-refractivity contribution in [2.45, 2.75) is 65.1 Å². The highest BCUT2D eigenvalue weighted by molar-refractivity contribution is 5.34. The normalized spacial score (nSPS) is 33.0. The zero-order valence-electron chi connectivity index (χ0n) is 11.4. The van der Waals surface area contributed by atoms with Crippen molar-refractivity contribution in [3.63, 3.8) is 0 Å². The number of rotatable bonds is 2. The first-order valence-corrected chi connectivity index (χ1v) is 6.62. The van der Waals surface area contributed by atoms with E-state index in [0.29, 0.717) is 6.42 Å². The van der Waals surface area contributed by atoms with Crippen LogP contribution in [0.5, 0.6) is 0 Å². The molecule has 1 aliphatic heterocycles. The van der Waals surface area contributed by atoms with E-state index < -0.39 is 0 Å². The summed E-state index contributed by atoms with van der Waals surface area (Å²) in [7, 11) is 0.